The number of allylic oxidation sites excluding steroid dienone is 2. The van der Waals surface area contributed by atoms with Crippen molar-refractivity contribution < 1.29 is 4.39 Å². The fourth-order valence-corrected chi connectivity index (χ4v) is 4.52. The van der Waals surface area contributed by atoms with E-state index >= 15 is 0 Å². The lowest BCUT2D eigenvalue weighted by atomic mass is 9.77. The fraction of sp³-hybridized carbons (Fsp3) is 0.222. The zero-order chi connectivity index (χ0) is 15.3. The lowest BCUT2D eigenvalue weighted by molar-refractivity contribution is 0.420. The molecule has 1 aliphatic heterocycles. The zero-order valence-electron chi connectivity index (χ0n) is 11.7. The van der Waals surface area contributed by atoms with Crippen LogP contribution >= 0.6 is 31.9 Å². The van der Waals surface area contributed by atoms with Gasteiger partial charge in [-0.2, -0.15) is 0 Å². The van der Waals surface area contributed by atoms with Crippen LogP contribution in [0.2, 0.25) is 0 Å². The summed E-state index contributed by atoms with van der Waals surface area (Å²) in [7, 11) is 0. The van der Waals surface area contributed by atoms with Crippen LogP contribution in [0.1, 0.15) is 29.5 Å². The van der Waals surface area contributed by atoms with Gasteiger partial charge < -0.3 is 5.32 Å². The Morgan fingerprint density at radius 2 is 1.95 bits per heavy atom. The summed E-state index contributed by atoms with van der Waals surface area (Å²) in [6.45, 7) is 0. The molecule has 0 amide bonds. The van der Waals surface area contributed by atoms with Gasteiger partial charge in [0.05, 0.1) is 11.7 Å². The van der Waals surface area contributed by atoms with Crippen LogP contribution in [0.15, 0.2) is 57.5 Å². The largest absolute Gasteiger partial charge is 0.375 e. The van der Waals surface area contributed by atoms with E-state index in [0.29, 0.717) is 11.6 Å². The molecule has 0 bridgehead atoms. The lowest BCUT2D eigenvalue weighted by Crippen LogP contribution is -2.29. The van der Waals surface area contributed by atoms with Gasteiger partial charge in [0.25, 0.3) is 0 Å². The van der Waals surface area contributed by atoms with E-state index in [1.54, 1.807) is 0 Å². The third-order valence-electron chi connectivity index (χ3n) is 4.59. The first kappa shape index (κ1) is 14.5. The monoisotopic (exact) mass is 421 g/mol. The van der Waals surface area contributed by atoms with Crippen LogP contribution in [-0.4, -0.2) is 0 Å². The van der Waals surface area contributed by atoms with Crippen molar-refractivity contribution in [3.63, 3.8) is 0 Å². The molecule has 112 valence electrons. The number of hydrogen-bond acceptors (Lipinski definition) is 1. The molecule has 1 aliphatic carbocycles. The average molecular weight is 423 g/mol. The smallest absolute Gasteiger partial charge is 0.147 e. The molecule has 0 radical (unpaired) electrons. The molecule has 0 saturated carbocycles. The van der Waals surface area contributed by atoms with Crippen molar-refractivity contribution in [2.24, 2.45) is 5.92 Å². The third-order valence-corrected chi connectivity index (χ3v) is 5.54. The van der Waals surface area contributed by atoms with Crippen LogP contribution in [0.5, 0.6) is 0 Å². The first-order valence-electron chi connectivity index (χ1n) is 7.31. The van der Waals surface area contributed by atoms with E-state index < -0.39 is 0 Å². The molecule has 1 nitrogen and oxygen atoms in total. The molecule has 2 aromatic rings. The van der Waals surface area contributed by atoms with E-state index in [2.05, 4.69) is 61.5 Å². The van der Waals surface area contributed by atoms with Crippen LogP contribution in [0.4, 0.5) is 10.1 Å². The summed E-state index contributed by atoms with van der Waals surface area (Å²) in [5.74, 6) is 0.505. The molecular weight excluding hydrogens is 409 g/mol. The Morgan fingerprint density at radius 3 is 2.77 bits per heavy atom. The predicted molar refractivity (Wildman–Crippen MR) is 94.6 cm³/mol. The number of rotatable bonds is 1. The van der Waals surface area contributed by atoms with Crippen molar-refractivity contribution in [2.75, 3.05) is 5.32 Å². The van der Waals surface area contributed by atoms with E-state index in [1.165, 1.54) is 11.6 Å². The summed E-state index contributed by atoms with van der Waals surface area (Å²) in [4.78, 5) is 0. The molecule has 0 aromatic heterocycles. The highest BCUT2D eigenvalue weighted by Gasteiger charge is 2.39. The molecule has 1 N–H and O–H groups in total. The average Bonchev–Trinajstić information content (AvgIpc) is 2.96. The maximum absolute atomic E-state index is 14.4. The summed E-state index contributed by atoms with van der Waals surface area (Å²) in [5.41, 5.74) is 2.89. The van der Waals surface area contributed by atoms with Crippen molar-refractivity contribution >= 4 is 37.5 Å². The van der Waals surface area contributed by atoms with E-state index in [0.717, 1.165) is 20.9 Å². The number of hydrogen-bond donors (Lipinski definition) is 1. The second-order valence-electron chi connectivity index (χ2n) is 5.88. The van der Waals surface area contributed by atoms with Crippen LogP contribution < -0.4 is 5.32 Å². The first-order chi connectivity index (χ1) is 10.6. The quantitative estimate of drug-likeness (QED) is 0.541. The Hall–Kier alpha value is -1.13. The molecular formula is C18H14Br2FN. The number of fused-ring (bicyclic) bond motifs is 3. The molecule has 2 aliphatic rings. The van der Waals surface area contributed by atoms with Gasteiger partial charge in [0.1, 0.15) is 5.82 Å². The SMILES string of the molecule is Fc1cc(Br)cc2c1N[C@H](c1cccc(Br)c1)[C@H]1CC=C[C@@H]21. The van der Waals surface area contributed by atoms with Crippen LogP contribution in [0.25, 0.3) is 0 Å². The molecule has 1 heterocycles. The Bertz CT molecular complexity index is 772. The molecule has 0 spiro atoms. The van der Waals surface area contributed by atoms with Gasteiger partial charge in [0, 0.05) is 14.9 Å². The standard InChI is InChI=1S/C18H14Br2FN/c19-11-4-1-3-10(7-11)17-14-6-2-5-13(14)15-8-12(20)9-16(21)18(15)22-17/h1-5,7-9,13-14,17,22H,6H2/t13-,14+,17-/m1/s1. The van der Waals surface area contributed by atoms with Crippen LogP contribution in [0, 0.1) is 11.7 Å². The molecule has 0 fully saturated rings. The molecule has 3 atom stereocenters. The van der Waals surface area contributed by atoms with Gasteiger partial charge in [0.2, 0.25) is 0 Å². The molecule has 0 unspecified atom stereocenters. The fourth-order valence-electron chi connectivity index (χ4n) is 3.65. The Morgan fingerprint density at radius 1 is 1.09 bits per heavy atom. The highest BCUT2D eigenvalue weighted by atomic mass is 79.9. The van der Waals surface area contributed by atoms with Gasteiger partial charge in [-0.25, -0.2) is 4.39 Å². The first-order valence-corrected chi connectivity index (χ1v) is 8.89. The second kappa shape index (κ2) is 5.50. The molecule has 4 heteroatoms. The summed E-state index contributed by atoms with van der Waals surface area (Å²) in [6.07, 6.45) is 5.46. The highest BCUT2D eigenvalue weighted by Crippen LogP contribution is 2.51. The van der Waals surface area contributed by atoms with Gasteiger partial charge in [-0.05, 0) is 47.7 Å². The van der Waals surface area contributed by atoms with E-state index in [-0.39, 0.29) is 17.8 Å². The van der Waals surface area contributed by atoms with E-state index in [1.807, 2.05) is 18.2 Å². The van der Waals surface area contributed by atoms with Crippen LogP contribution in [0.3, 0.4) is 0 Å². The Labute approximate surface area is 145 Å². The summed E-state index contributed by atoms with van der Waals surface area (Å²) in [5, 5.41) is 3.45. The molecule has 22 heavy (non-hydrogen) atoms. The van der Waals surface area contributed by atoms with Crippen LogP contribution in [-0.2, 0) is 0 Å². The maximum atomic E-state index is 14.4. The molecule has 2 aromatic carbocycles. The molecule has 4 rings (SSSR count). The van der Waals surface area contributed by atoms with E-state index in [9.17, 15) is 4.39 Å². The maximum Gasteiger partial charge on any atom is 0.147 e. The number of nitrogens with one attached hydrogen (secondary N) is 1. The number of halogens is 3. The van der Waals surface area contributed by atoms with Crippen molar-refractivity contribution in [3.05, 3.63) is 74.4 Å². The highest BCUT2D eigenvalue weighted by molar-refractivity contribution is 9.10. The van der Waals surface area contributed by atoms with E-state index in [4.69, 9.17) is 0 Å². The van der Waals surface area contributed by atoms with Crippen molar-refractivity contribution in [3.8, 4) is 0 Å². The second-order valence-corrected chi connectivity index (χ2v) is 7.71. The lowest BCUT2D eigenvalue weighted by Gasteiger charge is -2.37. The summed E-state index contributed by atoms with van der Waals surface area (Å²) in [6, 6.07) is 12.0. The van der Waals surface area contributed by atoms with Gasteiger partial charge in [0.15, 0.2) is 0 Å². The zero-order valence-corrected chi connectivity index (χ0v) is 14.9. The minimum absolute atomic E-state index is 0.126. The normalized spacial score (nSPS) is 25.5. The van der Waals surface area contributed by atoms with Gasteiger partial charge in [-0.15, -0.1) is 0 Å². The predicted octanol–water partition coefficient (Wildman–Crippen LogP) is 6.18. The van der Waals surface area contributed by atoms with Gasteiger partial charge in [-0.3, -0.25) is 0 Å². The minimum atomic E-state index is -0.192. The summed E-state index contributed by atoms with van der Waals surface area (Å²) >= 11 is 6.94. The van der Waals surface area contributed by atoms with Gasteiger partial charge >= 0.3 is 0 Å². The Kier molecular flexibility index (Phi) is 3.61. The van der Waals surface area contributed by atoms with Crippen molar-refractivity contribution in [1.82, 2.24) is 0 Å². The van der Waals surface area contributed by atoms with Gasteiger partial charge in [-0.1, -0.05) is 56.1 Å². The third kappa shape index (κ3) is 2.33. The summed E-state index contributed by atoms with van der Waals surface area (Å²) < 4.78 is 16.3. The number of anilines is 1. The Balaban J connectivity index is 1.84. The topological polar surface area (TPSA) is 12.0 Å². The minimum Gasteiger partial charge on any atom is -0.375 e. The van der Waals surface area contributed by atoms with Crippen molar-refractivity contribution in [1.29, 1.82) is 0 Å². The number of benzene rings is 2. The van der Waals surface area contributed by atoms with Crippen molar-refractivity contribution in [2.45, 2.75) is 18.4 Å². The molecule has 0 saturated heterocycles.